The van der Waals surface area contributed by atoms with Gasteiger partial charge in [-0.25, -0.2) is 13.4 Å². The molecule has 1 aromatic heterocycles. The van der Waals surface area contributed by atoms with Crippen molar-refractivity contribution in [1.29, 1.82) is 0 Å². The van der Waals surface area contributed by atoms with Gasteiger partial charge in [0, 0.05) is 32.2 Å². The molecular weight excluding hydrogens is 465 g/mol. The van der Waals surface area contributed by atoms with E-state index >= 15 is 0 Å². The summed E-state index contributed by atoms with van der Waals surface area (Å²) in [7, 11) is -2.87. The maximum Gasteiger partial charge on any atom is 0.416 e. The summed E-state index contributed by atoms with van der Waals surface area (Å²) in [5, 5.41) is 10.6. The van der Waals surface area contributed by atoms with Gasteiger partial charge in [0.2, 0.25) is 10.0 Å². The summed E-state index contributed by atoms with van der Waals surface area (Å²) in [6.45, 7) is 0.0500. The molecule has 0 aliphatic carbocycles. The number of rotatable bonds is 5. The summed E-state index contributed by atoms with van der Waals surface area (Å²) in [6, 6.07) is 4.73. The Hall–Kier alpha value is -2.64. The Labute approximate surface area is 180 Å². The first-order valence-electron chi connectivity index (χ1n) is 8.76. The van der Waals surface area contributed by atoms with Gasteiger partial charge in [0.15, 0.2) is 0 Å². The van der Waals surface area contributed by atoms with E-state index in [0.717, 1.165) is 28.6 Å². The highest BCUT2D eigenvalue weighted by atomic mass is 35.5. The minimum absolute atomic E-state index is 0.00945. The number of alkyl halides is 3. The molecule has 0 N–H and O–H groups in total. The van der Waals surface area contributed by atoms with Gasteiger partial charge in [0.05, 0.1) is 23.7 Å². The van der Waals surface area contributed by atoms with Crippen LogP contribution in [0.2, 0.25) is 5.15 Å². The molecule has 14 heteroatoms. The SMILES string of the molecule is COc1cc([N+](=O)[O-])ccc1S(=O)(=O)N1CCN(c2cc(C(F)(F)F)cc(Cl)n2)CC1. The van der Waals surface area contributed by atoms with Crippen molar-refractivity contribution >= 4 is 33.1 Å². The monoisotopic (exact) mass is 480 g/mol. The maximum absolute atomic E-state index is 13.0. The largest absolute Gasteiger partial charge is 0.495 e. The normalized spacial score (nSPS) is 15.7. The number of methoxy groups -OCH3 is 1. The maximum atomic E-state index is 13.0. The molecule has 1 aromatic carbocycles. The van der Waals surface area contributed by atoms with Gasteiger partial charge in [0.25, 0.3) is 5.69 Å². The number of non-ortho nitro benzene ring substituents is 1. The third-order valence-electron chi connectivity index (χ3n) is 4.65. The Morgan fingerprint density at radius 3 is 2.35 bits per heavy atom. The second kappa shape index (κ2) is 8.48. The van der Waals surface area contributed by atoms with Crippen molar-refractivity contribution in [3.05, 3.63) is 51.2 Å². The van der Waals surface area contributed by atoms with E-state index in [2.05, 4.69) is 4.98 Å². The molecule has 0 atom stereocenters. The van der Waals surface area contributed by atoms with Gasteiger partial charge in [-0.1, -0.05) is 11.6 Å². The average molecular weight is 481 g/mol. The molecule has 2 heterocycles. The highest BCUT2D eigenvalue weighted by Crippen LogP contribution is 2.34. The molecule has 0 bridgehead atoms. The van der Waals surface area contributed by atoms with Crippen LogP contribution in [0.1, 0.15) is 5.56 Å². The summed E-state index contributed by atoms with van der Waals surface area (Å²) >= 11 is 5.72. The van der Waals surface area contributed by atoms with E-state index in [1.54, 1.807) is 0 Å². The lowest BCUT2D eigenvalue weighted by Crippen LogP contribution is -2.49. The minimum atomic E-state index is -4.60. The Balaban J connectivity index is 1.81. The number of hydrogen-bond donors (Lipinski definition) is 0. The molecule has 0 unspecified atom stereocenters. The lowest BCUT2D eigenvalue weighted by Gasteiger charge is -2.35. The van der Waals surface area contributed by atoms with Crippen molar-refractivity contribution in [3.8, 4) is 5.75 Å². The number of anilines is 1. The molecule has 0 saturated carbocycles. The lowest BCUT2D eigenvalue weighted by atomic mass is 10.2. The quantitative estimate of drug-likeness (QED) is 0.367. The molecule has 1 fully saturated rings. The van der Waals surface area contributed by atoms with Gasteiger partial charge in [-0.15, -0.1) is 0 Å². The number of pyridine rings is 1. The zero-order valence-electron chi connectivity index (χ0n) is 16.0. The highest BCUT2D eigenvalue weighted by Gasteiger charge is 2.34. The number of halogens is 4. The van der Waals surface area contributed by atoms with E-state index in [1.807, 2.05) is 0 Å². The van der Waals surface area contributed by atoms with Crippen molar-refractivity contribution in [2.75, 3.05) is 38.2 Å². The molecule has 0 amide bonds. The molecule has 1 aliphatic heterocycles. The predicted octanol–water partition coefficient (Wildman–Crippen LogP) is 3.18. The first-order chi connectivity index (χ1) is 14.4. The number of nitro groups is 1. The fraction of sp³-hybridized carbons (Fsp3) is 0.353. The fourth-order valence-corrected chi connectivity index (χ4v) is 4.85. The standard InChI is InChI=1S/C17H16ClF3N4O5S/c1-30-13-10-12(25(26)27)2-3-14(13)31(28,29)24-6-4-23(5-7-24)16-9-11(17(19,20)21)8-15(18)22-16/h2-3,8-10H,4-7H2,1H3. The van der Waals surface area contributed by atoms with Crippen molar-refractivity contribution in [2.45, 2.75) is 11.1 Å². The number of piperazine rings is 1. The molecule has 168 valence electrons. The molecule has 31 heavy (non-hydrogen) atoms. The van der Waals surface area contributed by atoms with Crippen molar-refractivity contribution in [2.24, 2.45) is 0 Å². The number of sulfonamides is 1. The van der Waals surface area contributed by atoms with Gasteiger partial charge in [0.1, 0.15) is 21.6 Å². The molecular formula is C17H16ClF3N4O5S. The van der Waals surface area contributed by atoms with Crippen LogP contribution in [0.4, 0.5) is 24.7 Å². The molecule has 3 rings (SSSR count). The van der Waals surface area contributed by atoms with Gasteiger partial charge in [-0.2, -0.15) is 17.5 Å². The number of aromatic nitrogens is 1. The highest BCUT2D eigenvalue weighted by molar-refractivity contribution is 7.89. The van der Waals surface area contributed by atoms with E-state index in [0.29, 0.717) is 6.07 Å². The van der Waals surface area contributed by atoms with Crippen LogP contribution in [0.3, 0.4) is 0 Å². The molecule has 0 radical (unpaired) electrons. The van der Waals surface area contributed by atoms with E-state index < -0.39 is 26.7 Å². The van der Waals surface area contributed by atoms with E-state index in [1.165, 1.54) is 12.0 Å². The number of nitrogens with zero attached hydrogens (tertiary/aromatic N) is 4. The summed E-state index contributed by atoms with van der Waals surface area (Å²) in [5.74, 6) is -0.187. The smallest absolute Gasteiger partial charge is 0.416 e. The van der Waals surface area contributed by atoms with E-state index in [-0.39, 0.29) is 53.5 Å². The van der Waals surface area contributed by atoms with Gasteiger partial charge in [-0.3, -0.25) is 10.1 Å². The van der Waals surface area contributed by atoms with Crippen LogP contribution in [0.25, 0.3) is 0 Å². The van der Waals surface area contributed by atoms with Crippen LogP contribution in [0, 0.1) is 10.1 Å². The number of benzene rings is 1. The van der Waals surface area contributed by atoms with E-state index in [4.69, 9.17) is 16.3 Å². The molecule has 0 spiro atoms. The van der Waals surface area contributed by atoms with Crippen LogP contribution < -0.4 is 9.64 Å². The zero-order chi connectivity index (χ0) is 23.0. The van der Waals surface area contributed by atoms with Crippen LogP contribution in [-0.2, 0) is 16.2 Å². The Morgan fingerprint density at radius 2 is 1.81 bits per heavy atom. The third kappa shape index (κ3) is 4.83. The topological polar surface area (TPSA) is 106 Å². The zero-order valence-corrected chi connectivity index (χ0v) is 17.5. The van der Waals surface area contributed by atoms with Crippen molar-refractivity contribution in [1.82, 2.24) is 9.29 Å². The molecule has 9 nitrogen and oxygen atoms in total. The predicted molar refractivity (Wildman–Crippen MR) is 105 cm³/mol. The first kappa shape index (κ1) is 23.0. The van der Waals surface area contributed by atoms with Gasteiger partial charge >= 0.3 is 6.18 Å². The number of nitro benzene ring substituents is 1. The second-order valence-corrected chi connectivity index (χ2v) is 8.81. The molecule has 1 aliphatic rings. The molecule has 2 aromatic rings. The summed E-state index contributed by atoms with van der Waals surface area (Å²) in [6.07, 6.45) is -4.60. The Bertz CT molecular complexity index is 1110. The average Bonchev–Trinajstić information content (AvgIpc) is 2.72. The minimum Gasteiger partial charge on any atom is -0.495 e. The third-order valence-corrected chi connectivity index (χ3v) is 6.78. The Morgan fingerprint density at radius 1 is 1.16 bits per heavy atom. The number of hydrogen-bond acceptors (Lipinski definition) is 7. The van der Waals surface area contributed by atoms with E-state index in [9.17, 15) is 31.7 Å². The summed E-state index contributed by atoms with van der Waals surface area (Å²) in [5.41, 5.74) is -1.28. The second-order valence-electron chi connectivity index (χ2n) is 6.52. The van der Waals surface area contributed by atoms with Crippen LogP contribution >= 0.6 is 11.6 Å². The summed E-state index contributed by atoms with van der Waals surface area (Å²) in [4.78, 5) is 15.4. The summed E-state index contributed by atoms with van der Waals surface area (Å²) < 4.78 is 71.2. The van der Waals surface area contributed by atoms with Crippen LogP contribution in [-0.4, -0.2) is 55.9 Å². The van der Waals surface area contributed by atoms with Crippen LogP contribution in [0.15, 0.2) is 35.2 Å². The fourth-order valence-electron chi connectivity index (χ4n) is 3.09. The Kier molecular flexibility index (Phi) is 6.30. The van der Waals surface area contributed by atoms with Gasteiger partial charge < -0.3 is 9.64 Å². The first-order valence-corrected chi connectivity index (χ1v) is 10.6. The van der Waals surface area contributed by atoms with Gasteiger partial charge in [-0.05, 0) is 18.2 Å². The molecule has 1 saturated heterocycles. The van der Waals surface area contributed by atoms with Crippen molar-refractivity contribution < 1.29 is 31.2 Å². The van der Waals surface area contributed by atoms with Crippen LogP contribution in [0.5, 0.6) is 5.75 Å². The van der Waals surface area contributed by atoms with Crippen molar-refractivity contribution in [3.63, 3.8) is 0 Å². The number of ether oxygens (including phenoxy) is 1. The lowest BCUT2D eigenvalue weighted by molar-refractivity contribution is -0.385.